The van der Waals surface area contributed by atoms with Crippen molar-refractivity contribution in [2.45, 2.75) is 32.1 Å². The number of Topliss-reactive ketones (excluding diaryl/α,β-unsaturated/α-hetero) is 1. The molecule has 31 heavy (non-hydrogen) atoms. The van der Waals surface area contributed by atoms with Crippen LogP contribution in [0.25, 0.3) is 0 Å². The zero-order valence-electron chi connectivity index (χ0n) is 18.2. The van der Waals surface area contributed by atoms with Crippen LogP contribution in [-0.2, 0) is 14.8 Å². The van der Waals surface area contributed by atoms with Crippen LogP contribution in [0.15, 0.2) is 47.4 Å². The number of hydrogen-bond donors (Lipinski definition) is 1. The summed E-state index contributed by atoms with van der Waals surface area (Å²) in [4.78, 5) is 24.1. The Hall–Kier alpha value is -2.91. The maximum absolute atomic E-state index is 12.8. The van der Waals surface area contributed by atoms with Crippen LogP contribution in [0.3, 0.4) is 0 Å². The SMILES string of the molecule is CCC(=O)c1ccc(OCC(=O)Nc2cc(S(=O)(=O)N(CC)CC)ccc2OC)cc1. The van der Waals surface area contributed by atoms with Crippen LogP contribution in [-0.4, -0.2) is 51.2 Å². The van der Waals surface area contributed by atoms with E-state index in [0.29, 0.717) is 36.6 Å². The van der Waals surface area contributed by atoms with E-state index in [0.717, 1.165) is 0 Å². The van der Waals surface area contributed by atoms with Gasteiger partial charge in [-0.25, -0.2) is 8.42 Å². The summed E-state index contributed by atoms with van der Waals surface area (Å²) >= 11 is 0. The monoisotopic (exact) mass is 448 g/mol. The van der Waals surface area contributed by atoms with Gasteiger partial charge >= 0.3 is 0 Å². The normalized spacial score (nSPS) is 11.3. The first-order valence-electron chi connectivity index (χ1n) is 10.0. The van der Waals surface area contributed by atoms with E-state index in [9.17, 15) is 18.0 Å². The molecule has 1 N–H and O–H groups in total. The van der Waals surface area contributed by atoms with E-state index >= 15 is 0 Å². The minimum absolute atomic E-state index is 0.0240. The first kappa shape index (κ1) is 24.4. The largest absolute Gasteiger partial charge is 0.495 e. The molecule has 0 aliphatic heterocycles. The summed E-state index contributed by atoms with van der Waals surface area (Å²) < 4.78 is 37.6. The summed E-state index contributed by atoms with van der Waals surface area (Å²) in [7, 11) is -2.26. The highest BCUT2D eigenvalue weighted by Gasteiger charge is 2.23. The third-order valence-corrected chi connectivity index (χ3v) is 6.70. The van der Waals surface area contributed by atoms with Crippen LogP contribution in [0.4, 0.5) is 5.69 Å². The number of methoxy groups -OCH3 is 1. The number of amides is 1. The molecule has 2 rings (SSSR count). The van der Waals surface area contributed by atoms with Crippen molar-refractivity contribution in [3.8, 4) is 11.5 Å². The summed E-state index contributed by atoms with van der Waals surface area (Å²) in [6, 6.07) is 10.8. The number of anilines is 1. The van der Waals surface area contributed by atoms with Gasteiger partial charge in [-0.3, -0.25) is 9.59 Å². The number of ether oxygens (including phenoxy) is 2. The maximum atomic E-state index is 12.8. The minimum Gasteiger partial charge on any atom is -0.495 e. The second-order valence-electron chi connectivity index (χ2n) is 6.59. The minimum atomic E-state index is -3.69. The van der Waals surface area contributed by atoms with Crippen molar-refractivity contribution < 1.29 is 27.5 Å². The molecule has 0 unspecified atom stereocenters. The van der Waals surface area contributed by atoms with Gasteiger partial charge in [-0.1, -0.05) is 20.8 Å². The Bertz CT molecular complexity index is 1010. The fourth-order valence-corrected chi connectivity index (χ4v) is 4.42. The van der Waals surface area contributed by atoms with Gasteiger partial charge in [0.15, 0.2) is 12.4 Å². The number of carbonyl (C=O) groups excluding carboxylic acids is 2. The summed E-state index contributed by atoms with van der Waals surface area (Å²) in [6.45, 7) is 5.68. The molecule has 1 amide bonds. The average molecular weight is 449 g/mol. The first-order chi connectivity index (χ1) is 14.8. The number of nitrogens with zero attached hydrogens (tertiary/aromatic N) is 1. The van der Waals surface area contributed by atoms with Crippen LogP contribution in [0.5, 0.6) is 11.5 Å². The van der Waals surface area contributed by atoms with Gasteiger partial charge in [0, 0.05) is 25.1 Å². The molecule has 0 spiro atoms. The number of rotatable bonds is 11. The molecule has 0 saturated heterocycles. The van der Waals surface area contributed by atoms with Gasteiger partial charge in [0.1, 0.15) is 11.5 Å². The van der Waals surface area contributed by atoms with Crippen molar-refractivity contribution >= 4 is 27.4 Å². The number of sulfonamides is 1. The van der Waals surface area contributed by atoms with Crippen LogP contribution in [0.1, 0.15) is 37.6 Å². The fourth-order valence-electron chi connectivity index (χ4n) is 2.93. The Kier molecular flexibility index (Phi) is 8.58. The first-order valence-corrected chi connectivity index (χ1v) is 11.4. The quantitative estimate of drug-likeness (QED) is 0.529. The average Bonchev–Trinajstić information content (AvgIpc) is 2.78. The molecule has 0 saturated carbocycles. The Morgan fingerprint density at radius 1 is 1.00 bits per heavy atom. The molecule has 2 aromatic carbocycles. The molecule has 0 radical (unpaired) electrons. The van der Waals surface area contributed by atoms with Crippen molar-refractivity contribution in [2.24, 2.45) is 0 Å². The molecular formula is C22H28N2O6S. The molecule has 0 bridgehead atoms. The van der Waals surface area contributed by atoms with E-state index in [-0.39, 0.29) is 23.0 Å². The predicted octanol–water partition coefficient (Wildman–Crippen LogP) is 3.34. The van der Waals surface area contributed by atoms with Crippen LogP contribution < -0.4 is 14.8 Å². The van der Waals surface area contributed by atoms with Crippen LogP contribution >= 0.6 is 0 Å². The van der Waals surface area contributed by atoms with Gasteiger partial charge in [-0.15, -0.1) is 0 Å². The molecule has 9 heteroatoms. The smallest absolute Gasteiger partial charge is 0.262 e. The molecule has 0 fully saturated rings. The van der Waals surface area contributed by atoms with Crippen molar-refractivity contribution in [1.82, 2.24) is 4.31 Å². The van der Waals surface area contributed by atoms with Gasteiger partial charge in [0.25, 0.3) is 5.91 Å². The van der Waals surface area contributed by atoms with E-state index in [1.165, 1.54) is 29.6 Å². The molecule has 0 aliphatic carbocycles. The van der Waals surface area contributed by atoms with Crippen LogP contribution in [0.2, 0.25) is 0 Å². The molecule has 0 aromatic heterocycles. The van der Waals surface area contributed by atoms with E-state index in [4.69, 9.17) is 9.47 Å². The molecule has 8 nitrogen and oxygen atoms in total. The summed E-state index contributed by atoms with van der Waals surface area (Å²) in [5, 5.41) is 2.63. The van der Waals surface area contributed by atoms with Crippen molar-refractivity contribution in [1.29, 1.82) is 0 Å². The van der Waals surface area contributed by atoms with E-state index in [2.05, 4.69) is 5.32 Å². The predicted molar refractivity (Wildman–Crippen MR) is 118 cm³/mol. The number of hydrogen-bond acceptors (Lipinski definition) is 6. The highest BCUT2D eigenvalue weighted by Crippen LogP contribution is 2.29. The van der Waals surface area contributed by atoms with Gasteiger partial charge < -0.3 is 14.8 Å². The fraction of sp³-hybridized carbons (Fsp3) is 0.364. The second kappa shape index (κ2) is 10.9. The topological polar surface area (TPSA) is 102 Å². The standard InChI is InChI=1S/C22H28N2O6S/c1-5-20(25)16-8-10-17(11-9-16)30-15-22(26)23-19-14-18(12-13-21(19)29-4)31(27,28)24(6-2)7-3/h8-14H,5-7,15H2,1-4H3,(H,23,26). The Morgan fingerprint density at radius 3 is 2.19 bits per heavy atom. The van der Waals surface area contributed by atoms with Crippen molar-refractivity contribution in [3.63, 3.8) is 0 Å². The Balaban J connectivity index is 2.12. The zero-order chi connectivity index (χ0) is 23.0. The molecule has 0 aliphatic rings. The molecule has 0 heterocycles. The summed E-state index contributed by atoms with van der Waals surface area (Å²) in [5.74, 6) is 0.308. The van der Waals surface area contributed by atoms with E-state index in [1.54, 1.807) is 45.0 Å². The summed E-state index contributed by atoms with van der Waals surface area (Å²) in [5.41, 5.74) is 0.809. The van der Waals surface area contributed by atoms with E-state index in [1.807, 2.05) is 0 Å². The van der Waals surface area contributed by atoms with Gasteiger partial charge in [-0.05, 0) is 42.5 Å². The van der Waals surface area contributed by atoms with E-state index < -0.39 is 15.9 Å². The highest BCUT2D eigenvalue weighted by molar-refractivity contribution is 7.89. The number of nitrogens with one attached hydrogen (secondary N) is 1. The molecule has 2 aromatic rings. The lowest BCUT2D eigenvalue weighted by Crippen LogP contribution is -2.30. The Morgan fingerprint density at radius 2 is 1.65 bits per heavy atom. The van der Waals surface area contributed by atoms with Crippen molar-refractivity contribution in [2.75, 3.05) is 32.1 Å². The molecule has 0 atom stereocenters. The number of ketones is 1. The third kappa shape index (κ3) is 6.05. The van der Waals surface area contributed by atoms with Gasteiger partial charge in [0.2, 0.25) is 10.0 Å². The molecular weight excluding hydrogens is 420 g/mol. The summed E-state index contributed by atoms with van der Waals surface area (Å²) in [6.07, 6.45) is 0.410. The number of carbonyl (C=O) groups is 2. The lowest BCUT2D eigenvalue weighted by atomic mass is 10.1. The zero-order valence-corrected chi connectivity index (χ0v) is 19.0. The van der Waals surface area contributed by atoms with Gasteiger partial charge in [-0.2, -0.15) is 4.31 Å². The molecule has 168 valence electrons. The number of benzene rings is 2. The Labute approximate surface area is 183 Å². The van der Waals surface area contributed by atoms with Crippen LogP contribution in [0, 0.1) is 0 Å². The van der Waals surface area contributed by atoms with Gasteiger partial charge in [0.05, 0.1) is 17.7 Å². The third-order valence-electron chi connectivity index (χ3n) is 4.66. The maximum Gasteiger partial charge on any atom is 0.262 e. The highest BCUT2D eigenvalue weighted by atomic mass is 32.2. The van der Waals surface area contributed by atoms with Crippen molar-refractivity contribution in [3.05, 3.63) is 48.0 Å². The lowest BCUT2D eigenvalue weighted by Gasteiger charge is -2.19. The lowest BCUT2D eigenvalue weighted by molar-refractivity contribution is -0.118. The second-order valence-corrected chi connectivity index (χ2v) is 8.53.